The Balaban J connectivity index is 2.19. The van der Waals surface area contributed by atoms with Gasteiger partial charge in [-0.1, -0.05) is 61.0 Å². The SMILES string of the molecule is CC(CN)CNC(=O)C(Sc1ccccc1Cl)c1ccccc1. The van der Waals surface area contributed by atoms with Crippen LogP contribution < -0.4 is 11.1 Å². The lowest BCUT2D eigenvalue weighted by Gasteiger charge is -2.19. The maximum absolute atomic E-state index is 12.7. The van der Waals surface area contributed by atoms with Gasteiger partial charge in [-0.25, -0.2) is 0 Å². The van der Waals surface area contributed by atoms with Gasteiger partial charge in [-0.05, 0) is 30.2 Å². The van der Waals surface area contributed by atoms with Crippen LogP contribution in [0.3, 0.4) is 0 Å². The molecule has 3 nitrogen and oxygen atoms in total. The highest BCUT2D eigenvalue weighted by molar-refractivity contribution is 8.00. The highest BCUT2D eigenvalue weighted by Gasteiger charge is 2.23. The van der Waals surface area contributed by atoms with Gasteiger partial charge in [-0.3, -0.25) is 4.79 Å². The summed E-state index contributed by atoms with van der Waals surface area (Å²) in [5.41, 5.74) is 6.57. The Morgan fingerprint density at radius 1 is 1.17 bits per heavy atom. The Morgan fingerprint density at radius 2 is 1.83 bits per heavy atom. The smallest absolute Gasteiger partial charge is 0.238 e. The number of rotatable bonds is 7. The minimum Gasteiger partial charge on any atom is -0.355 e. The first-order valence-corrected chi connectivity index (χ1v) is 8.81. The van der Waals surface area contributed by atoms with E-state index < -0.39 is 0 Å². The number of carbonyl (C=O) groups is 1. The van der Waals surface area contributed by atoms with Gasteiger partial charge in [0.05, 0.1) is 5.02 Å². The summed E-state index contributed by atoms with van der Waals surface area (Å²) in [4.78, 5) is 13.6. The Morgan fingerprint density at radius 3 is 2.48 bits per heavy atom. The zero-order valence-electron chi connectivity index (χ0n) is 13.0. The van der Waals surface area contributed by atoms with E-state index in [1.54, 1.807) is 0 Å². The molecular weight excluding hydrogens is 328 g/mol. The summed E-state index contributed by atoms with van der Waals surface area (Å²) in [6, 6.07) is 17.3. The van der Waals surface area contributed by atoms with Crippen molar-refractivity contribution in [1.29, 1.82) is 0 Å². The van der Waals surface area contributed by atoms with Gasteiger partial charge in [-0.15, -0.1) is 11.8 Å². The van der Waals surface area contributed by atoms with E-state index in [1.807, 2.05) is 61.5 Å². The zero-order chi connectivity index (χ0) is 16.7. The zero-order valence-corrected chi connectivity index (χ0v) is 14.6. The van der Waals surface area contributed by atoms with E-state index in [0.717, 1.165) is 10.5 Å². The molecule has 1 amide bonds. The Hall–Kier alpha value is -1.49. The first kappa shape index (κ1) is 17.9. The third kappa shape index (κ3) is 5.27. The number of nitrogens with one attached hydrogen (secondary N) is 1. The molecule has 122 valence electrons. The molecule has 23 heavy (non-hydrogen) atoms. The summed E-state index contributed by atoms with van der Waals surface area (Å²) in [6.45, 7) is 3.13. The summed E-state index contributed by atoms with van der Waals surface area (Å²) in [6.07, 6.45) is 0. The molecule has 0 heterocycles. The second-order valence-corrected chi connectivity index (χ2v) is 6.98. The molecular formula is C18H21ClN2OS. The molecule has 2 unspecified atom stereocenters. The Kier molecular flexibility index (Phi) is 6.96. The number of hydrogen-bond donors (Lipinski definition) is 2. The predicted octanol–water partition coefficient (Wildman–Crippen LogP) is 3.88. The van der Waals surface area contributed by atoms with E-state index >= 15 is 0 Å². The van der Waals surface area contributed by atoms with Gasteiger partial charge in [0.15, 0.2) is 0 Å². The molecule has 0 aromatic heterocycles. The fraction of sp³-hybridized carbons (Fsp3) is 0.278. The first-order valence-electron chi connectivity index (χ1n) is 7.55. The van der Waals surface area contributed by atoms with Crippen molar-refractivity contribution < 1.29 is 4.79 Å². The van der Waals surface area contributed by atoms with Gasteiger partial charge in [0.1, 0.15) is 5.25 Å². The molecule has 0 bridgehead atoms. The van der Waals surface area contributed by atoms with Gasteiger partial charge in [-0.2, -0.15) is 0 Å². The summed E-state index contributed by atoms with van der Waals surface area (Å²) in [5, 5.41) is 3.30. The standard InChI is InChI=1S/C18H21ClN2OS/c1-13(11-20)12-21-18(22)17(14-7-3-2-4-8-14)23-16-10-6-5-9-15(16)19/h2-10,13,17H,11-12,20H2,1H3,(H,21,22). The number of benzene rings is 2. The number of halogens is 1. The number of hydrogen-bond acceptors (Lipinski definition) is 3. The number of thioether (sulfide) groups is 1. The average molecular weight is 349 g/mol. The molecule has 0 radical (unpaired) electrons. The quantitative estimate of drug-likeness (QED) is 0.746. The van der Waals surface area contributed by atoms with Crippen LogP contribution in [0.15, 0.2) is 59.5 Å². The maximum Gasteiger partial charge on any atom is 0.238 e. The summed E-state index contributed by atoms with van der Waals surface area (Å²) in [5.74, 6) is 0.224. The summed E-state index contributed by atoms with van der Waals surface area (Å²) < 4.78 is 0. The maximum atomic E-state index is 12.7. The molecule has 5 heteroatoms. The molecule has 0 spiro atoms. The monoisotopic (exact) mass is 348 g/mol. The highest BCUT2D eigenvalue weighted by Crippen LogP contribution is 2.38. The van der Waals surface area contributed by atoms with E-state index in [-0.39, 0.29) is 17.1 Å². The van der Waals surface area contributed by atoms with E-state index in [4.69, 9.17) is 17.3 Å². The Labute approximate surface area is 146 Å². The normalized spacial score (nSPS) is 13.3. The van der Waals surface area contributed by atoms with Crippen molar-refractivity contribution >= 4 is 29.3 Å². The molecule has 0 aliphatic heterocycles. The number of carbonyl (C=O) groups excluding carboxylic acids is 1. The summed E-state index contributed by atoms with van der Waals surface area (Å²) in [7, 11) is 0. The van der Waals surface area contributed by atoms with E-state index in [2.05, 4.69) is 5.32 Å². The van der Waals surface area contributed by atoms with Crippen molar-refractivity contribution in [3.8, 4) is 0 Å². The molecule has 0 fully saturated rings. The van der Waals surface area contributed by atoms with E-state index in [9.17, 15) is 4.79 Å². The lowest BCUT2D eigenvalue weighted by molar-refractivity contribution is -0.120. The first-order chi connectivity index (χ1) is 11.1. The minimum absolute atomic E-state index is 0.0265. The topological polar surface area (TPSA) is 55.1 Å². The van der Waals surface area contributed by atoms with Gasteiger partial charge in [0.25, 0.3) is 0 Å². The second-order valence-electron chi connectivity index (χ2n) is 5.43. The van der Waals surface area contributed by atoms with Crippen LogP contribution in [0.1, 0.15) is 17.7 Å². The largest absolute Gasteiger partial charge is 0.355 e. The van der Waals surface area contributed by atoms with Gasteiger partial charge >= 0.3 is 0 Å². The second kappa shape index (κ2) is 8.96. The van der Waals surface area contributed by atoms with Gasteiger partial charge in [0, 0.05) is 11.4 Å². The third-order valence-corrected chi connectivity index (χ3v) is 5.22. The van der Waals surface area contributed by atoms with Crippen LogP contribution in [0.4, 0.5) is 0 Å². The van der Waals surface area contributed by atoms with Crippen molar-refractivity contribution in [2.75, 3.05) is 13.1 Å². The fourth-order valence-electron chi connectivity index (χ4n) is 2.02. The molecule has 2 rings (SSSR count). The van der Waals surface area contributed by atoms with Crippen molar-refractivity contribution in [2.24, 2.45) is 11.7 Å². The van der Waals surface area contributed by atoms with Crippen LogP contribution >= 0.6 is 23.4 Å². The van der Waals surface area contributed by atoms with Crippen molar-refractivity contribution in [1.82, 2.24) is 5.32 Å². The fourth-order valence-corrected chi connectivity index (χ4v) is 3.36. The van der Waals surface area contributed by atoms with Crippen LogP contribution in [-0.2, 0) is 4.79 Å². The number of amides is 1. The van der Waals surface area contributed by atoms with Crippen LogP contribution in [0.25, 0.3) is 0 Å². The molecule has 2 atom stereocenters. The van der Waals surface area contributed by atoms with Crippen LogP contribution in [0.5, 0.6) is 0 Å². The van der Waals surface area contributed by atoms with Crippen LogP contribution in [0, 0.1) is 5.92 Å². The number of nitrogens with two attached hydrogens (primary N) is 1. The molecule has 0 saturated carbocycles. The van der Waals surface area contributed by atoms with E-state index in [1.165, 1.54) is 11.8 Å². The summed E-state index contributed by atoms with van der Waals surface area (Å²) >= 11 is 7.70. The van der Waals surface area contributed by atoms with E-state index in [0.29, 0.717) is 18.1 Å². The highest BCUT2D eigenvalue weighted by atomic mass is 35.5. The van der Waals surface area contributed by atoms with Crippen molar-refractivity contribution in [3.05, 3.63) is 65.2 Å². The average Bonchev–Trinajstić information content (AvgIpc) is 2.59. The predicted molar refractivity (Wildman–Crippen MR) is 97.7 cm³/mol. The molecule has 0 aliphatic carbocycles. The van der Waals surface area contributed by atoms with Crippen LogP contribution in [-0.4, -0.2) is 19.0 Å². The minimum atomic E-state index is -0.346. The molecule has 0 aliphatic rings. The van der Waals surface area contributed by atoms with Crippen molar-refractivity contribution in [2.45, 2.75) is 17.1 Å². The lowest BCUT2D eigenvalue weighted by atomic mass is 10.1. The Bertz CT molecular complexity index is 636. The van der Waals surface area contributed by atoms with Crippen molar-refractivity contribution in [3.63, 3.8) is 0 Å². The van der Waals surface area contributed by atoms with Gasteiger partial charge in [0.2, 0.25) is 5.91 Å². The molecule has 0 saturated heterocycles. The molecule has 3 N–H and O–H groups in total. The lowest BCUT2D eigenvalue weighted by Crippen LogP contribution is -2.33. The molecule has 2 aromatic rings. The molecule has 2 aromatic carbocycles. The van der Waals surface area contributed by atoms with Gasteiger partial charge < -0.3 is 11.1 Å². The van der Waals surface area contributed by atoms with Crippen LogP contribution in [0.2, 0.25) is 5.02 Å². The third-order valence-electron chi connectivity index (χ3n) is 3.45.